The van der Waals surface area contributed by atoms with Crippen LogP contribution in [-0.2, 0) is 14.8 Å². The lowest BCUT2D eigenvalue weighted by Gasteiger charge is -2.30. The van der Waals surface area contributed by atoms with E-state index >= 15 is 0 Å². The number of nitrogens with one attached hydrogen (secondary N) is 1. The van der Waals surface area contributed by atoms with Crippen LogP contribution in [0.1, 0.15) is 24.6 Å². The van der Waals surface area contributed by atoms with E-state index in [2.05, 4.69) is 10.3 Å². The molecular formula is C18H22FN3O3S2. The average Bonchev–Trinajstić information content (AvgIpc) is 3.02. The van der Waals surface area contributed by atoms with Crippen molar-refractivity contribution in [1.29, 1.82) is 0 Å². The Morgan fingerprint density at radius 2 is 1.93 bits per heavy atom. The molecule has 6 nitrogen and oxygen atoms in total. The van der Waals surface area contributed by atoms with Crippen LogP contribution in [0.15, 0.2) is 24.3 Å². The summed E-state index contributed by atoms with van der Waals surface area (Å²) in [6, 6.07) is 6.08. The van der Waals surface area contributed by atoms with Crippen molar-refractivity contribution >= 4 is 32.4 Å². The molecule has 1 aromatic carbocycles. The SMILES string of the molecule is CCS(=O)(=O)N1CCC(C(=O)Nc2nc(-c3ccc(F)cc3)c(C)s2)CC1. The van der Waals surface area contributed by atoms with Crippen LogP contribution in [-0.4, -0.2) is 42.5 Å². The quantitative estimate of drug-likeness (QED) is 0.819. The van der Waals surface area contributed by atoms with Crippen LogP contribution in [0.4, 0.5) is 9.52 Å². The molecule has 2 aromatic rings. The topological polar surface area (TPSA) is 79.4 Å². The van der Waals surface area contributed by atoms with Gasteiger partial charge in [-0.05, 0) is 51.0 Å². The van der Waals surface area contributed by atoms with E-state index in [0.717, 1.165) is 16.1 Å². The number of rotatable bonds is 5. The predicted octanol–water partition coefficient (Wildman–Crippen LogP) is 3.26. The first kappa shape index (κ1) is 19.9. The number of hydrogen-bond donors (Lipinski definition) is 1. The largest absolute Gasteiger partial charge is 0.302 e. The second-order valence-corrected chi connectivity index (χ2v) is 9.95. The molecule has 0 aliphatic carbocycles. The maximum Gasteiger partial charge on any atom is 0.229 e. The zero-order valence-electron chi connectivity index (χ0n) is 15.2. The van der Waals surface area contributed by atoms with Gasteiger partial charge in [0, 0.05) is 29.4 Å². The summed E-state index contributed by atoms with van der Waals surface area (Å²) in [5, 5.41) is 3.35. The number of aryl methyl sites for hydroxylation is 1. The van der Waals surface area contributed by atoms with Crippen LogP contribution < -0.4 is 5.32 Å². The normalized spacial score (nSPS) is 16.4. The fraction of sp³-hybridized carbons (Fsp3) is 0.444. The van der Waals surface area contributed by atoms with E-state index in [-0.39, 0.29) is 23.4 Å². The maximum atomic E-state index is 13.1. The molecule has 1 N–H and O–H groups in total. The Bertz CT molecular complexity index is 918. The molecule has 1 amide bonds. The number of nitrogens with zero attached hydrogens (tertiary/aromatic N) is 2. The molecule has 1 fully saturated rings. The molecule has 1 aliphatic heterocycles. The number of sulfonamides is 1. The van der Waals surface area contributed by atoms with Gasteiger partial charge < -0.3 is 5.32 Å². The summed E-state index contributed by atoms with van der Waals surface area (Å²) in [5.74, 6) is -0.597. The summed E-state index contributed by atoms with van der Waals surface area (Å²) < 4.78 is 38.4. The molecule has 3 rings (SSSR count). The average molecular weight is 412 g/mol. The summed E-state index contributed by atoms with van der Waals surface area (Å²) in [6.07, 6.45) is 1.00. The van der Waals surface area contributed by atoms with Gasteiger partial charge in [-0.1, -0.05) is 0 Å². The molecule has 1 aromatic heterocycles. The van der Waals surface area contributed by atoms with E-state index in [1.807, 2.05) is 6.92 Å². The summed E-state index contributed by atoms with van der Waals surface area (Å²) in [6.45, 7) is 4.26. The van der Waals surface area contributed by atoms with Gasteiger partial charge in [-0.3, -0.25) is 4.79 Å². The molecule has 0 radical (unpaired) electrons. The highest BCUT2D eigenvalue weighted by molar-refractivity contribution is 7.89. The van der Waals surface area contributed by atoms with E-state index in [4.69, 9.17) is 0 Å². The van der Waals surface area contributed by atoms with E-state index in [1.165, 1.54) is 27.8 Å². The lowest BCUT2D eigenvalue weighted by molar-refractivity contribution is -0.120. The zero-order valence-corrected chi connectivity index (χ0v) is 16.9. The third-order valence-electron chi connectivity index (χ3n) is 4.73. The maximum absolute atomic E-state index is 13.1. The predicted molar refractivity (Wildman–Crippen MR) is 105 cm³/mol. The number of carbonyl (C=O) groups excluding carboxylic acids is 1. The van der Waals surface area contributed by atoms with Gasteiger partial charge in [-0.25, -0.2) is 22.1 Å². The van der Waals surface area contributed by atoms with Crippen molar-refractivity contribution in [1.82, 2.24) is 9.29 Å². The first-order valence-corrected chi connectivity index (χ1v) is 11.2. The fourth-order valence-corrected chi connectivity index (χ4v) is 5.08. The molecule has 0 unspecified atom stereocenters. The van der Waals surface area contributed by atoms with Crippen LogP contribution in [0.5, 0.6) is 0 Å². The van der Waals surface area contributed by atoms with E-state index in [1.54, 1.807) is 19.1 Å². The Hall–Kier alpha value is -1.84. The smallest absolute Gasteiger partial charge is 0.229 e. The van der Waals surface area contributed by atoms with Crippen molar-refractivity contribution in [3.05, 3.63) is 35.0 Å². The number of aromatic nitrogens is 1. The molecule has 1 aliphatic rings. The van der Waals surface area contributed by atoms with Gasteiger partial charge in [0.1, 0.15) is 5.82 Å². The second-order valence-electron chi connectivity index (χ2n) is 6.49. The summed E-state index contributed by atoms with van der Waals surface area (Å²) in [7, 11) is -3.20. The van der Waals surface area contributed by atoms with Gasteiger partial charge in [0.25, 0.3) is 0 Å². The Morgan fingerprint density at radius 1 is 1.30 bits per heavy atom. The van der Waals surface area contributed by atoms with Crippen molar-refractivity contribution in [2.75, 3.05) is 24.2 Å². The summed E-state index contributed by atoms with van der Waals surface area (Å²) in [5.41, 5.74) is 1.52. The molecule has 0 saturated carbocycles. The third kappa shape index (κ3) is 4.53. The first-order chi connectivity index (χ1) is 12.8. The second kappa shape index (κ2) is 8.04. The van der Waals surface area contributed by atoms with Gasteiger partial charge in [-0.15, -0.1) is 11.3 Å². The fourth-order valence-electron chi connectivity index (χ4n) is 3.11. The van der Waals surface area contributed by atoms with Crippen LogP contribution >= 0.6 is 11.3 Å². The van der Waals surface area contributed by atoms with E-state index < -0.39 is 10.0 Å². The van der Waals surface area contributed by atoms with Gasteiger partial charge in [0.15, 0.2) is 5.13 Å². The van der Waals surface area contributed by atoms with Gasteiger partial charge in [0.2, 0.25) is 15.9 Å². The van der Waals surface area contributed by atoms with Gasteiger partial charge in [0.05, 0.1) is 11.4 Å². The number of halogens is 1. The third-order valence-corrected chi connectivity index (χ3v) is 7.50. The lowest BCUT2D eigenvalue weighted by Crippen LogP contribution is -2.42. The Kier molecular flexibility index (Phi) is 5.92. The first-order valence-electron chi connectivity index (χ1n) is 8.82. The Morgan fingerprint density at radius 3 is 2.52 bits per heavy atom. The monoisotopic (exact) mass is 411 g/mol. The molecular weight excluding hydrogens is 389 g/mol. The van der Waals surface area contributed by atoms with E-state index in [9.17, 15) is 17.6 Å². The van der Waals surface area contributed by atoms with Crippen LogP contribution in [0.25, 0.3) is 11.3 Å². The van der Waals surface area contributed by atoms with Crippen molar-refractivity contribution in [3.8, 4) is 11.3 Å². The molecule has 9 heteroatoms. The number of hydrogen-bond acceptors (Lipinski definition) is 5. The molecule has 146 valence electrons. The van der Waals surface area contributed by atoms with E-state index in [0.29, 0.717) is 31.1 Å². The number of anilines is 1. The number of thiazole rings is 1. The summed E-state index contributed by atoms with van der Waals surface area (Å²) in [4.78, 5) is 17.9. The minimum atomic E-state index is -3.20. The number of carbonyl (C=O) groups is 1. The molecule has 0 atom stereocenters. The molecule has 0 spiro atoms. The highest BCUT2D eigenvalue weighted by Crippen LogP contribution is 2.31. The Labute approximate surface area is 162 Å². The van der Waals surface area contributed by atoms with Crippen LogP contribution in [0.2, 0.25) is 0 Å². The van der Waals surface area contributed by atoms with Gasteiger partial charge in [-0.2, -0.15) is 0 Å². The lowest BCUT2D eigenvalue weighted by atomic mass is 9.97. The van der Waals surface area contributed by atoms with Crippen molar-refractivity contribution in [3.63, 3.8) is 0 Å². The van der Waals surface area contributed by atoms with Crippen molar-refractivity contribution in [2.45, 2.75) is 26.7 Å². The minimum absolute atomic E-state index is 0.0778. The van der Waals surface area contributed by atoms with Gasteiger partial charge >= 0.3 is 0 Å². The summed E-state index contributed by atoms with van der Waals surface area (Å²) >= 11 is 1.37. The highest BCUT2D eigenvalue weighted by atomic mass is 32.2. The molecule has 1 saturated heterocycles. The van der Waals surface area contributed by atoms with Crippen molar-refractivity contribution in [2.24, 2.45) is 5.92 Å². The number of benzene rings is 1. The van der Waals surface area contributed by atoms with Crippen molar-refractivity contribution < 1.29 is 17.6 Å². The van der Waals surface area contributed by atoms with Crippen LogP contribution in [0.3, 0.4) is 0 Å². The number of piperidine rings is 1. The minimum Gasteiger partial charge on any atom is -0.302 e. The molecule has 2 heterocycles. The molecule has 27 heavy (non-hydrogen) atoms. The highest BCUT2D eigenvalue weighted by Gasteiger charge is 2.30. The Balaban J connectivity index is 1.64. The standard InChI is InChI=1S/C18H22FN3O3S2/c1-3-27(24,25)22-10-8-14(9-11-22)17(23)21-18-20-16(12(2)26-18)13-4-6-15(19)7-5-13/h4-7,14H,3,8-11H2,1-2H3,(H,20,21,23). The number of amides is 1. The van der Waals surface area contributed by atoms with Crippen LogP contribution in [0, 0.1) is 18.7 Å². The zero-order chi connectivity index (χ0) is 19.6. The molecule has 0 bridgehead atoms.